The lowest BCUT2D eigenvalue weighted by Crippen LogP contribution is -2.44. The van der Waals surface area contributed by atoms with E-state index in [9.17, 15) is 4.79 Å². The van der Waals surface area contributed by atoms with Crippen molar-refractivity contribution in [2.24, 2.45) is 5.92 Å². The summed E-state index contributed by atoms with van der Waals surface area (Å²) in [4.78, 5) is 16.6. The summed E-state index contributed by atoms with van der Waals surface area (Å²) in [6.07, 6.45) is 5.90. The number of aromatic nitrogens is 1. The third kappa shape index (κ3) is 2.25. The van der Waals surface area contributed by atoms with Gasteiger partial charge < -0.3 is 10.6 Å². The average molecular weight is 245 g/mol. The minimum absolute atomic E-state index is 0.125. The van der Waals surface area contributed by atoms with Crippen molar-refractivity contribution in [3.05, 3.63) is 30.1 Å². The van der Waals surface area contributed by atoms with Gasteiger partial charge in [-0.3, -0.25) is 9.78 Å². The maximum Gasteiger partial charge on any atom is 0.225 e. The molecule has 1 aliphatic carbocycles. The van der Waals surface area contributed by atoms with Gasteiger partial charge in [-0.2, -0.15) is 0 Å². The smallest absolute Gasteiger partial charge is 0.225 e. The Hall–Kier alpha value is -1.42. The van der Waals surface area contributed by atoms with Crippen molar-refractivity contribution in [2.45, 2.75) is 31.2 Å². The Morgan fingerprint density at radius 1 is 1.44 bits per heavy atom. The Kier molecular flexibility index (Phi) is 3.04. The molecule has 2 aliphatic rings. The minimum Gasteiger partial charge on any atom is -0.345 e. The molecule has 4 nitrogen and oxygen atoms in total. The number of piperidine rings is 1. The molecule has 1 aliphatic heterocycles. The molecule has 1 amide bonds. The van der Waals surface area contributed by atoms with Crippen LogP contribution in [-0.2, 0) is 10.3 Å². The van der Waals surface area contributed by atoms with Gasteiger partial charge in [0.25, 0.3) is 0 Å². The fourth-order valence-electron chi connectivity index (χ4n) is 2.63. The second-order valence-electron chi connectivity index (χ2n) is 5.33. The van der Waals surface area contributed by atoms with Crippen molar-refractivity contribution >= 4 is 5.91 Å². The highest BCUT2D eigenvalue weighted by Gasteiger charge is 2.47. The van der Waals surface area contributed by atoms with Gasteiger partial charge in [0.15, 0.2) is 0 Å². The fraction of sp³-hybridized carbons (Fsp3) is 0.571. The van der Waals surface area contributed by atoms with E-state index in [0.29, 0.717) is 0 Å². The number of nitrogens with zero attached hydrogens (tertiary/aromatic N) is 1. The van der Waals surface area contributed by atoms with E-state index in [1.54, 1.807) is 6.20 Å². The molecule has 1 saturated carbocycles. The maximum absolute atomic E-state index is 12.2. The Morgan fingerprint density at radius 2 is 2.33 bits per heavy atom. The molecule has 0 bridgehead atoms. The lowest BCUT2D eigenvalue weighted by Gasteiger charge is -2.25. The van der Waals surface area contributed by atoms with Gasteiger partial charge in [-0.05, 0) is 44.4 Å². The fourth-order valence-corrected chi connectivity index (χ4v) is 2.63. The van der Waals surface area contributed by atoms with Crippen LogP contribution in [0.3, 0.4) is 0 Å². The van der Waals surface area contributed by atoms with Gasteiger partial charge in [-0.1, -0.05) is 6.07 Å². The topological polar surface area (TPSA) is 54.0 Å². The third-order valence-electron chi connectivity index (χ3n) is 3.94. The number of carbonyl (C=O) groups excluding carboxylic acids is 1. The molecule has 2 N–H and O–H groups in total. The van der Waals surface area contributed by atoms with Crippen molar-refractivity contribution in [3.63, 3.8) is 0 Å². The Labute approximate surface area is 107 Å². The quantitative estimate of drug-likeness (QED) is 0.841. The van der Waals surface area contributed by atoms with Crippen LogP contribution >= 0.6 is 0 Å². The number of hydrogen-bond donors (Lipinski definition) is 2. The first-order valence-electron chi connectivity index (χ1n) is 6.74. The molecule has 3 rings (SSSR count). The lowest BCUT2D eigenvalue weighted by atomic mass is 9.98. The molecule has 2 heterocycles. The SMILES string of the molecule is O=C(NC1(c2ccccn2)CC1)C1CCCNC1. The highest BCUT2D eigenvalue weighted by Crippen LogP contribution is 2.44. The predicted octanol–water partition coefficient (Wildman–Crippen LogP) is 1.19. The molecule has 1 aromatic heterocycles. The van der Waals surface area contributed by atoms with E-state index in [4.69, 9.17) is 0 Å². The van der Waals surface area contributed by atoms with E-state index in [0.717, 1.165) is 44.5 Å². The van der Waals surface area contributed by atoms with E-state index in [1.165, 1.54) is 0 Å². The molecule has 1 atom stereocenters. The highest BCUT2D eigenvalue weighted by atomic mass is 16.2. The maximum atomic E-state index is 12.2. The van der Waals surface area contributed by atoms with E-state index >= 15 is 0 Å². The van der Waals surface area contributed by atoms with Gasteiger partial charge in [-0.15, -0.1) is 0 Å². The summed E-state index contributed by atoms with van der Waals surface area (Å²) in [6, 6.07) is 5.90. The Bertz CT molecular complexity index is 422. The summed E-state index contributed by atoms with van der Waals surface area (Å²) in [5.74, 6) is 0.310. The van der Waals surface area contributed by atoms with E-state index < -0.39 is 0 Å². The van der Waals surface area contributed by atoms with Crippen LogP contribution in [0.25, 0.3) is 0 Å². The Balaban J connectivity index is 1.67. The zero-order valence-corrected chi connectivity index (χ0v) is 10.5. The second-order valence-corrected chi connectivity index (χ2v) is 5.33. The van der Waals surface area contributed by atoms with Gasteiger partial charge in [0, 0.05) is 12.7 Å². The van der Waals surface area contributed by atoms with Crippen LogP contribution in [-0.4, -0.2) is 24.0 Å². The summed E-state index contributed by atoms with van der Waals surface area (Å²) < 4.78 is 0. The van der Waals surface area contributed by atoms with Crippen molar-refractivity contribution < 1.29 is 4.79 Å². The summed E-state index contributed by atoms with van der Waals surface area (Å²) >= 11 is 0. The summed E-state index contributed by atoms with van der Waals surface area (Å²) in [6.45, 7) is 1.85. The van der Waals surface area contributed by atoms with Crippen LogP contribution in [0.15, 0.2) is 24.4 Å². The molecule has 0 aromatic carbocycles. The number of nitrogens with one attached hydrogen (secondary N) is 2. The number of hydrogen-bond acceptors (Lipinski definition) is 3. The molecular weight excluding hydrogens is 226 g/mol. The van der Waals surface area contributed by atoms with Crippen molar-refractivity contribution in [2.75, 3.05) is 13.1 Å². The van der Waals surface area contributed by atoms with Crippen molar-refractivity contribution in [3.8, 4) is 0 Å². The summed E-state index contributed by atoms with van der Waals surface area (Å²) in [5.41, 5.74) is 0.831. The van der Waals surface area contributed by atoms with Gasteiger partial charge in [0.05, 0.1) is 17.2 Å². The van der Waals surface area contributed by atoms with Crippen LogP contribution in [0.5, 0.6) is 0 Å². The number of carbonyl (C=O) groups is 1. The second kappa shape index (κ2) is 4.69. The van der Waals surface area contributed by atoms with Gasteiger partial charge in [-0.25, -0.2) is 0 Å². The molecule has 1 unspecified atom stereocenters. The lowest BCUT2D eigenvalue weighted by molar-refractivity contribution is -0.126. The average Bonchev–Trinajstić information content (AvgIpc) is 3.22. The third-order valence-corrected chi connectivity index (χ3v) is 3.94. The molecule has 0 spiro atoms. The molecule has 2 fully saturated rings. The Morgan fingerprint density at radius 3 is 2.94 bits per heavy atom. The van der Waals surface area contributed by atoms with Crippen LogP contribution in [0, 0.1) is 5.92 Å². The number of amides is 1. The van der Waals surface area contributed by atoms with Crippen LogP contribution < -0.4 is 10.6 Å². The monoisotopic (exact) mass is 245 g/mol. The number of pyridine rings is 1. The number of rotatable bonds is 3. The molecule has 1 saturated heterocycles. The van der Waals surface area contributed by atoms with E-state index in [-0.39, 0.29) is 17.4 Å². The predicted molar refractivity (Wildman–Crippen MR) is 68.9 cm³/mol. The molecule has 1 aromatic rings. The van der Waals surface area contributed by atoms with Crippen molar-refractivity contribution in [1.29, 1.82) is 0 Å². The van der Waals surface area contributed by atoms with Crippen LogP contribution in [0.4, 0.5) is 0 Å². The zero-order valence-electron chi connectivity index (χ0n) is 10.5. The molecule has 96 valence electrons. The first-order valence-corrected chi connectivity index (χ1v) is 6.74. The molecule has 0 radical (unpaired) electrons. The zero-order chi connectivity index (χ0) is 12.4. The first-order chi connectivity index (χ1) is 8.80. The van der Waals surface area contributed by atoms with Crippen LogP contribution in [0.1, 0.15) is 31.4 Å². The van der Waals surface area contributed by atoms with Crippen LogP contribution in [0.2, 0.25) is 0 Å². The van der Waals surface area contributed by atoms with Gasteiger partial charge in [0.1, 0.15) is 0 Å². The summed E-state index contributed by atoms with van der Waals surface area (Å²) in [7, 11) is 0. The van der Waals surface area contributed by atoms with Crippen molar-refractivity contribution in [1.82, 2.24) is 15.6 Å². The highest BCUT2D eigenvalue weighted by molar-refractivity contribution is 5.80. The minimum atomic E-state index is -0.171. The standard InChI is InChI=1S/C14H19N3O/c18-13(11-4-3-8-15-10-11)17-14(6-7-14)12-5-1-2-9-16-12/h1-2,5,9,11,15H,3-4,6-8,10H2,(H,17,18). The molecule has 4 heteroatoms. The molecular formula is C14H19N3O. The summed E-state index contributed by atoms with van der Waals surface area (Å²) in [5, 5.41) is 6.50. The van der Waals surface area contributed by atoms with E-state index in [2.05, 4.69) is 15.6 Å². The van der Waals surface area contributed by atoms with Gasteiger partial charge in [0.2, 0.25) is 5.91 Å². The van der Waals surface area contributed by atoms with E-state index in [1.807, 2.05) is 18.2 Å². The normalized spacial score (nSPS) is 25.4. The first kappa shape index (κ1) is 11.7. The largest absolute Gasteiger partial charge is 0.345 e. The molecule has 18 heavy (non-hydrogen) atoms. The van der Waals surface area contributed by atoms with Gasteiger partial charge >= 0.3 is 0 Å².